The monoisotopic (exact) mass is 633 g/mol. The summed E-state index contributed by atoms with van der Waals surface area (Å²) in [5, 5.41) is 8.88. The molecule has 0 heterocycles. The Balaban J connectivity index is 1.34. The Kier molecular flexibility index (Phi) is 9.47. The zero-order valence-electron chi connectivity index (χ0n) is 24.5. The van der Waals surface area contributed by atoms with Crippen LogP contribution in [0.25, 0.3) is 33.4 Å². The normalized spacial score (nSPS) is 11.4. The second kappa shape index (κ2) is 13.5. The summed E-state index contributed by atoms with van der Waals surface area (Å²) in [6.45, 7) is 2.09. The minimum atomic E-state index is -4.51. The van der Waals surface area contributed by atoms with Crippen molar-refractivity contribution in [3.63, 3.8) is 0 Å². The number of nitrogens with zero attached hydrogens (tertiary/aromatic N) is 1. The first-order valence-electron chi connectivity index (χ1n) is 14.5. The molecule has 0 spiro atoms. The van der Waals surface area contributed by atoms with E-state index < -0.39 is 46.5 Å². The van der Waals surface area contributed by atoms with E-state index in [1.54, 1.807) is 18.2 Å². The third kappa shape index (κ3) is 6.91. The van der Waals surface area contributed by atoms with Crippen molar-refractivity contribution in [3.8, 4) is 45.2 Å². The van der Waals surface area contributed by atoms with Gasteiger partial charge in [-0.15, -0.1) is 0 Å². The standard InChI is InChI=1S/C37H26F7NO/c1-2-3-4-5-22-6-8-23(9-7-22)27-18-34(41)36(35(42)19-27)37(43,44)46-28-13-15-30(33(40)20-28)25-12-14-29(32(39)17-25)24-10-11-26(21-45)31(38)16-24/h6-20H,2-5H2,1H3. The van der Waals surface area contributed by atoms with Crippen LogP contribution in [0.2, 0.25) is 0 Å². The Labute approximate surface area is 261 Å². The summed E-state index contributed by atoms with van der Waals surface area (Å²) in [6, 6.07) is 20.0. The van der Waals surface area contributed by atoms with Gasteiger partial charge in [-0.25, -0.2) is 22.0 Å². The lowest BCUT2D eigenvalue weighted by Gasteiger charge is -2.20. The maximum absolute atomic E-state index is 15.1. The maximum Gasteiger partial charge on any atom is 0.432 e. The van der Waals surface area contributed by atoms with Crippen molar-refractivity contribution in [3.05, 3.63) is 137 Å². The van der Waals surface area contributed by atoms with Gasteiger partial charge in [0, 0.05) is 17.2 Å². The quantitative estimate of drug-likeness (QED) is 0.113. The van der Waals surface area contributed by atoms with E-state index in [-0.39, 0.29) is 33.4 Å². The van der Waals surface area contributed by atoms with Crippen LogP contribution < -0.4 is 4.74 Å². The molecule has 0 aliphatic carbocycles. The predicted octanol–water partition coefficient (Wildman–Crippen LogP) is 11.1. The summed E-state index contributed by atoms with van der Waals surface area (Å²) in [5.74, 6) is -6.54. The van der Waals surface area contributed by atoms with E-state index in [1.807, 2.05) is 12.1 Å². The molecule has 0 saturated carbocycles. The predicted molar refractivity (Wildman–Crippen MR) is 161 cm³/mol. The number of ether oxygens (including phenoxy) is 1. The smallest absolute Gasteiger partial charge is 0.429 e. The van der Waals surface area contributed by atoms with Gasteiger partial charge >= 0.3 is 6.11 Å². The van der Waals surface area contributed by atoms with Gasteiger partial charge in [-0.3, -0.25) is 0 Å². The largest absolute Gasteiger partial charge is 0.432 e. The van der Waals surface area contributed by atoms with Crippen LogP contribution in [-0.2, 0) is 12.5 Å². The number of benzene rings is 5. The van der Waals surface area contributed by atoms with Gasteiger partial charge in [0.2, 0.25) is 0 Å². The average molecular weight is 634 g/mol. The highest BCUT2D eigenvalue weighted by molar-refractivity contribution is 5.72. The van der Waals surface area contributed by atoms with Crippen LogP contribution in [0.3, 0.4) is 0 Å². The molecule has 0 radical (unpaired) electrons. The van der Waals surface area contributed by atoms with Crippen molar-refractivity contribution in [1.82, 2.24) is 0 Å². The highest BCUT2D eigenvalue weighted by Crippen LogP contribution is 2.38. The Bertz CT molecular complexity index is 1910. The van der Waals surface area contributed by atoms with Crippen LogP contribution in [0, 0.1) is 40.4 Å². The molecule has 46 heavy (non-hydrogen) atoms. The first kappa shape index (κ1) is 32.3. The lowest BCUT2D eigenvalue weighted by Crippen LogP contribution is -2.25. The van der Waals surface area contributed by atoms with Crippen molar-refractivity contribution in [1.29, 1.82) is 5.26 Å². The van der Waals surface area contributed by atoms with Crippen LogP contribution in [0.15, 0.2) is 91.0 Å². The number of alkyl halides is 2. The van der Waals surface area contributed by atoms with Gasteiger partial charge in [0.05, 0.1) is 5.56 Å². The molecule has 0 N–H and O–H groups in total. The fourth-order valence-corrected chi connectivity index (χ4v) is 5.14. The lowest BCUT2D eigenvalue weighted by atomic mass is 9.98. The van der Waals surface area contributed by atoms with E-state index in [2.05, 4.69) is 11.7 Å². The van der Waals surface area contributed by atoms with E-state index >= 15 is 13.2 Å². The zero-order chi connectivity index (χ0) is 33.0. The molecule has 0 bridgehead atoms. The first-order valence-corrected chi connectivity index (χ1v) is 14.5. The molecule has 5 rings (SSSR count). The van der Waals surface area contributed by atoms with Gasteiger partial charge in [0.15, 0.2) is 0 Å². The van der Waals surface area contributed by atoms with Gasteiger partial charge < -0.3 is 4.74 Å². The second-order valence-corrected chi connectivity index (χ2v) is 10.7. The Hall–Kier alpha value is -5.10. The van der Waals surface area contributed by atoms with Gasteiger partial charge in [0.1, 0.15) is 46.5 Å². The third-order valence-electron chi connectivity index (χ3n) is 7.56. The summed E-state index contributed by atoms with van der Waals surface area (Å²) in [6.07, 6.45) is -0.501. The molecule has 0 aliphatic rings. The minimum Gasteiger partial charge on any atom is -0.429 e. The number of hydrogen-bond acceptors (Lipinski definition) is 2. The topological polar surface area (TPSA) is 33.0 Å². The number of halogens is 7. The molecular weight excluding hydrogens is 607 g/mol. The molecule has 0 fully saturated rings. The lowest BCUT2D eigenvalue weighted by molar-refractivity contribution is -0.189. The summed E-state index contributed by atoms with van der Waals surface area (Å²) < 4.78 is 109. The first-order chi connectivity index (χ1) is 22.0. The van der Waals surface area contributed by atoms with E-state index in [9.17, 15) is 17.6 Å². The van der Waals surface area contributed by atoms with E-state index in [0.717, 1.165) is 67.6 Å². The average Bonchev–Trinajstić information content (AvgIpc) is 3.01. The number of nitriles is 1. The maximum atomic E-state index is 15.1. The van der Waals surface area contributed by atoms with Crippen molar-refractivity contribution < 1.29 is 35.5 Å². The molecule has 0 aromatic heterocycles. The summed E-state index contributed by atoms with van der Waals surface area (Å²) in [4.78, 5) is 0. The highest BCUT2D eigenvalue weighted by atomic mass is 19.3. The van der Waals surface area contributed by atoms with E-state index in [4.69, 9.17) is 5.26 Å². The fraction of sp³-hybridized carbons (Fsp3) is 0.162. The Morgan fingerprint density at radius 3 is 1.72 bits per heavy atom. The highest BCUT2D eigenvalue weighted by Gasteiger charge is 2.41. The van der Waals surface area contributed by atoms with Crippen LogP contribution in [0.1, 0.15) is 42.9 Å². The number of rotatable bonds is 10. The van der Waals surface area contributed by atoms with Crippen molar-refractivity contribution in [2.75, 3.05) is 0 Å². The van der Waals surface area contributed by atoms with Crippen molar-refractivity contribution >= 4 is 0 Å². The number of unbranched alkanes of at least 4 members (excludes halogenated alkanes) is 2. The Morgan fingerprint density at radius 2 is 1.15 bits per heavy atom. The van der Waals surface area contributed by atoms with Gasteiger partial charge in [-0.1, -0.05) is 62.2 Å². The summed E-state index contributed by atoms with van der Waals surface area (Å²) in [5.41, 5.74) is -0.290. The summed E-state index contributed by atoms with van der Waals surface area (Å²) >= 11 is 0. The van der Waals surface area contributed by atoms with Crippen LogP contribution >= 0.6 is 0 Å². The number of hydrogen-bond donors (Lipinski definition) is 0. The van der Waals surface area contributed by atoms with Crippen LogP contribution in [0.5, 0.6) is 5.75 Å². The molecule has 0 saturated heterocycles. The van der Waals surface area contributed by atoms with Crippen molar-refractivity contribution in [2.24, 2.45) is 0 Å². The van der Waals surface area contributed by atoms with Crippen LogP contribution in [0.4, 0.5) is 30.7 Å². The third-order valence-corrected chi connectivity index (χ3v) is 7.56. The van der Waals surface area contributed by atoms with Gasteiger partial charge in [-0.05, 0) is 83.1 Å². The molecule has 5 aromatic carbocycles. The fourth-order valence-electron chi connectivity index (χ4n) is 5.14. The van der Waals surface area contributed by atoms with Gasteiger partial charge in [0.25, 0.3) is 0 Å². The molecule has 0 amide bonds. The van der Waals surface area contributed by atoms with E-state index in [1.165, 1.54) is 24.3 Å². The van der Waals surface area contributed by atoms with E-state index in [0.29, 0.717) is 11.6 Å². The second-order valence-electron chi connectivity index (χ2n) is 10.7. The van der Waals surface area contributed by atoms with Crippen molar-refractivity contribution in [2.45, 2.75) is 38.7 Å². The minimum absolute atomic E-state index is 0.0124. The molecule has 9 heteroatoms. The molecule has 234 valence electrons. The molecule has 2 nitrogen and oxygen atoms in total. The van der Waals surface area contributed by atoms with Gasteiger partial charge in [-0.2, -0.15) is 14.0 Å². The molecule has 5 aromatic rings. The molecule has 0 atom stereocenters. The number of aryl methyl sites for hydroxylation is 1. The molecule has 0 aliphatic heterocycles. The molecule has 0 unspecified atom stereocenters. The summed E-state index contributed by atoms with van der Waals surface area (Å²) in [7, 11) is 0. The molecular formula is C37H26F7NO. The van der Waals surface area contributed by atoms with Crippen LogP contribution in [-0.4, -0.2) is 0 Å². The SMILES string of the molecule is CCCCCc1ccc(-c2cc(F)c(C(F)(F)Oc3ccc(-c4ccc(-c5ccc(C#N)c(F)c5)c(F)c4)c(F)c3)c(F)c2)cc1. The Morgan fingerprint density at radius 1 is 0.609 bits per heavy atom. The zero-order valence-corrected chi connectivity index (χ0v) is 24.5.